The number of rotatable bonds is 7. The molecule has 142 valence electrons. The first-order chi connectivity index (χ1) is 12.2. The summed E-state index contributed by atoms with van der Waals surface area (Å²) >= 11 is 0. The molecule has 2 unspecified atom stereocenters. The molecule has 1 fully saturated rings. The normalized spacial score (nSPS) is 25.8. The largest absolute Gasteiger partial charge is 0.477 e. The topological polar surface area (TPSA) is 91.7 Å². The van der Waals surface area contributed by atoms with Crippen LogP contribution < -0.4 is 0 Å². The highest BCUT2D eigenvalue weighted by Gasteiger charge is 2.60. The minimum absolute atomic E-state index is 0.298. The molecule has 0 aromatic heterocycles. The highest BCUT2D eigenvalue weighted by Crippen LogP contribution is 2.40. The number of carbonyl (C=O) groups is 3. The Balaban J connectivity index is 2.50. The standard InChI is InChI=1S/C20H27NO5/c1-4-11-21(18(24)17(23)20(2,3)13-22)12-10-15(16(21)19(25)26)14-8-6-5-7-9-14/h5-9,15-16,22H,4,10-13H2,1-3H3/p+1/t15?,16-,21?/m0/s1. The average Bonchev–Trinajstić information content (AvgIpc) is 3.02. The van der Waals surface area contributed by atoms with Crippen molar-refractivity contribution in [2.24, 2.45) is 5.41 Å². The molecule has 2 rings (SSSR count). The van der Waals surface area contributed by atoms with Crippen LogP contribution in [0.4, 0.5) is 0 Å². The van der Waals surface area contributed by atoms with E-state index < -0.39 is 35.7 Å². The zero-order valence-corrected chi connectivity index (χ0v) is 15.6. The summed E-state index contributed by atoms with van der Waals surface area (Å²) in [4.78, 5) is 38.2. The summed E-state index contributed by atoms with van der Waals surface area (Å²) in [6.45, 7) is 5.06. The highest BCUT2D eigenvalue weighted by molar-refractivity contribution is 6.35. The molecule has 0 bridgehead atoms. The second kappa shape index (κ2) is 7.68. The maximum absolute atomic E-state index is 13.2. The summed E-state index contributed by atoms with van der Waals surface area (Å²) in [6, 6.07) is 8.31. The fourth-order valence-corrected chi connectivity index (χ4v) is 3.99. The Morgan fingerprint density at radius 3 is 2.31 bits per heavy atom. The van der Waals surface area contributed by atoms with Crippen molar-refractivity contribution >= 4 is 17.7 Å². The van der Waals surface area contributed by atoms with Crippen LogP contribution in [0.3, 0.4) is 0 Å². The van der Waals surface area contributed by atoms with Crippen molar-refractivity contribution in [1.29, 1.82) is 0 Å². The van der Waals surface area contributed by atoms with Crippen LogP contribution in [0.15, 0.2) is 30.3 Å². The molecule has 6 nitrogen and oxygen atoms in total. The lowest BCUT2D eigenvalue weighted by Gasteiger charge is -2.37. The van der Waals surface area contributed by atoms with Crippen molar-refractivity contribution < 1.29 is 29.1 Å². The molecule has 1 aromatic rings. The monoisotopic (exact) mass is 362 g/mol. The van der Waals surface area contributed by atoms with Gasteiger partial charge in [-0.3, -0.25) is 4.79 Å². The minimum atomic E-state index is -1.22. The third kappa shape index (κ3) is 3.44. The molecular weight excluding hydrogens is 334 g/mol. The number of aliphatic hydroxyl groups excluding tert-OH is 1. The molecule has 26 heavy (non-hydrogen) atoms. The molecule has 1 amide bonds. The Bertz CT molecular complexity index is 685. The van der Waals surface area contributed by atoms with Gasteiger partial charge in [-0.1, -0.05) is 37.3 Å². The van der Waals surface area contributed by atoms with Crippen LogP contribution in [0, 0.1) is 5.41 Å². The molecular formula is C20H28NO5+. The second-order valence-corrected chi connectivity index (χ2v) is 7.75. The summed E-state index contributed by atoms with van der Waals surface area (Å²) in [6.07, 6.45) is 1.11. The van der Waals surface area contributed by atoms with Crippen LogP contribution in [0.5, 0.6) is 0 Å². The van der Waals surface area contributed by atoms with Crippen LogP contribution in [0.25, 0.3) is 0 Å². The Kier molecular flexibility index (Phi) is 5.98. The number of carbonyl (C=O) groups excluding carboxylic acids is 2. The minimum Gasteiger partial charge on any atom is -0.477 e. The molecule has 1 aliphatic heterocycles. The predicted octanol–water partition coefficient (Wildman–Crippen LogP) is 1.97. The molecule has 1 heterocycles. The van der Waals surface area contributed by atoms with Gasteiger partial charge < -0.3 is 10.2 Å². The van der Waals surface area contributed by atoms with Gasteiger partial charge in [0.2, 0.25) is 6.04 Å². The van der Waals surface area contributed by atoms with E-state index in [1.807, 2.05) is 37.3 Å². The SMILES string of the molecule is CCC[N+]1(C(=O)C(=O)C(C)(C)CO)CCC(c2ccccc2)[C@H]1C(=O)O. The number of quaternary nitrogens is 1. The number of nitrogens with zero attached hydrogens (tertiary/aromatic N) is 1. The van der Waals surface area contributed by atoms with Crippen molar-refractivity contribution in [2.75, 3.05) is 19.7 Å². The van der Waals surface area contributed by atoms with E-state index in [4.69, 9.17) is 0 Å². The highest BCUT2D eigenvalue weighted by atomic mass is 16.4. The van der Waals surface area contributed by atoms with E-state index in [1.165, 1.54) is 13.8 Å². The van der Waals surface area contributed by atoms with E-state index in [-0.39, 0.29) is 10.4 Å². The van der Waals surface area contributed by atoms with Crippen molar-refractivity contribution in [3.63, 3.8) is 0 Å². The number of hydrogen-bond donors (Lipinski definition) is 2. The number of likely N-dealkylation sites (tertiary alicyclic amines) is 1. The zero-order chi connectivity index (χ0) is 19.5. The van der Waals surface area contributed by atoms with Crippen LogP contribution in [0.2, 0.25) is 0 Å². The summed E-state index contributed by atoms with van der Waals surface area (Å²) in [5.41, 5.74) is -0.345. The third-order valence-electron chi connectivity index (χ3n) is 5.46. The van der Waals surface area contributed by atoms with Crippen molar-refractivity contribution in [3.8, 4) is 0 Å². The Morgan fingerprint density at radius 1 is 1.19 bits per heavy atom. The number of Topliss-reactive ketones (excluding diaryl/α,β-unsaturated/α-hetero) is 1. The molecule has 0 radical (unpaired) electrons. The van der Waals surface area contributed by atoms with E-state index >= 15 is 0 Å². The van der Waals surface area contributed by atoms with Crippen molar-refractivity contribution in [3.05, 3.63) is 35.9 Å². The molecule has 6 heteroatoms. The van der Waals surface area contributed by atoms with Gasteiger partial charge in [-0.25, -0.2) is 14.1 Å². The molecule has 1 saturated heterocycles. The second-order valence-electron chi connectivity index (χ2n) is 7.75. The van der Waals surface area contributed by atoms with Gasteiger partial charge in [0, 0.05) is 6.42 Å². The average molecular weight is 362 g/mol. The molecule has 1 aromatic carbocycles. The first-order valence-corrected chi connectivity index (χ1v) is 9.06. The van der Waals surface area contributed by atoms with Gasteiger partial charge in [0.05, 0.1) is 31.0 Å². The lowest BCUT2D eigenvalue weighted by atomic mass is 9.86. The Morgan fingerprint density at radius 2 is 1.81 bits per heavy atom. The van der Waals surface area contributed by atoms with Crippen LogP contribution in [-0.4, -0.2) is 58.1 Å². The molecule has 3 atom stereocenters. The number of ketones is 1. The van der Waals surface area contributed by atoms with Crippen LogP contribution in [-0.2, 0) is 14.4 Å². The van der Waals surface area contributed by atoms with Gasteiger partial charge in [-0.15, -0.1) is 0 Å². The number of amides is 1. The Labute approximate surface area is 154 Å². The third-order valence-corrected chi connectivity index (χ3v) is 5.46. The van der Waals surface area contributed by atoms with Gasteiger partial charge in [-0.05, 0) is 25.8 Å². The molecule has 0 saturated carbocycles. The van der Waals surface area contributed by atoms with E-state index in [0.717, 1.165) is 5.56 Å². The smallest absolute Gasteiger partial charge is 0.383 e. The number of carboxylic acids is 1. The number of aliphatic hydroxyl groups is 1. The van der Waals surface area contributed by atoms with Gasteiger partial charge in [0.15, 0.2) is 0 Å². The van der Waals surface area contributed by atoms with Gasteiger partial charge in [0.25, 0.3) is 5.78 Å². The van der Waals surface area contributed by atoms with Crippen LogP contribution in [0.1, 0.15) is 45.1 Å². The molecule has 0 aliphatic carbocycles. The Hall–Kier alpha value is -2.05. The molecule has 1 aliphatic rings. The lowest BCUT2D eigenvalue weighted by molar-refractivity contribution is -0.855. The first-order valence-electron chi connectivity index (χ1n) is 9.06. The quantitative estimate of drug-likeness (QED) is 0.571. The summed E-state index contributed by atoms with van der Waals surface area (Å²) < 4.78 is -0.367. The summed E-state index contributed by atoms with van der Waals surface area (Å²) in [5.74, 6) is -2.79. The molecule has 0 spiro atoms. The first kappa shape index (κ1) is 20.3. The fourth-order valence-electron chi connectivity index (χ4n) is 3.99. The summed E-state index contributed by atoms with van der Waals surface area (Å²) in [7, 11) is 0. The lowest BCUT2D eigenvalue weighted by Crippen LogP contribution is -2.64. The number of carboxylic acid groups (broad SMARTS) is 1. The van der Waals surface area contributed by atoms with E-state index in [9.17, 15) is 24.6 Å². The van der Waals surface area contributed by atoms with E-state index in [1.54, 1.807) is 0 Å². The maximum atomic E-state index is 13.2. The number of hydrogen-bond acceptors (Lipinski definition) is 4. The van der Waals surface area contributed by atoms with Crippen molar-refractivity contribution in [2.45, 2.75) is 45.6 Å². The summed E-state index contributed by atoms with van der Waals surface area (Å²) in [5, 5.41) is 19.4. The van der Waals surface area contributed by atoms with E-state index in [2.05, 4.69) is 0 Å². The van der Waals surface area contributed by atoms with Gasteiger partial charge in [0.1, 0.15) is 0 Å². The van der Waals surface area contributed by atoms with Gasteiger partial charge >= 0.3 is 11.9 Å². The predicted molar refractivity (Wildman–Crippen MR) is 96.4 cm³/mol. The zero-order valence-electron chi connectivity index (χ0n) is 15.6. The van der Waals surface area contributed by atoms with Crippen LogP contribution >= 0.6 is 0 Å². The van der Waals surface area contributed by atoms with E-state index in [0.29, 0.717) is 25.9 Å². The maximum Gasteiger partial charge on any atom is 0.383 e. The van der Waals surface area contributed by atoms with Crippen molar-refractivity contribution in [1.82, 2.24) is 0 Å². The fraction of sp³-hybridized carbons (Fsp3) is 0.550. The number of aliphatic carboxylic acids is 1. The van der Waals surface area contributed by atoms with Gasteiger partial charge in [-0.2, -0.15) is 0 Å². The molecule has 2 N–H and O–H groups in total. The number of benzene rings is 1.